The number of methoxy groups -OCH3 is 1. The number of fused-ring (bicyclic) bond motifs is 1. The normalized spacial score (nSPS) is 11.7. The Morgan fingerprint density at radius 2 is 1.84 bits per heavy atom. The van der Waals surface area contributed by atoms with Crippen LogP contribution in [-0.2, 0) is 0 Å². The Bertz CT molecular complexity index is 991. The Labute approximate surface area is 185 Å². The molecule has 0 aliphatic heterocycles. The second kappa shape index (κ2) is 12.7. The molecule has 2 rings (SSSR count). The molecule has 1 aromatic carbocycles. The molecular formula is C26H34O5. The molecule has 0 saturated heterocycles. The standard InChI is InChI=1S/C26H34O5/c1-6-7-8-9-16-29-25-24(30-17-15-20(4)12-10-11-19(2)3)22-14-13-21(28-5)18-23(22)31-26(25)27/h7-8,11,13-15,18H,6,9-10,12,16-17H2,1-5H3/b8-7?,20-15+. The Morgan fingerprint density at radius 1 is 1.03 bits per heavy atom. The molecule has 0 aliphatic carbocycles. The highest BCUT2D eigenvalue weighted by Crippen LogP contribution is 2.34. The average Bonchev–Trinajstić information content (AvgIpc) is 2.74. The molecule has 0 fully saturated rings. The Morgan fingerprint density at radius 3 is 2.55 bits per heavy atom. The van der Waals surface area contributed by atoms with Gasteiger partial charge in [0.1, 0.15) is 17.9 Å². The van der Waals surface area contributed by atoms with Crippen molar-refractivity contribution in [2.45, 2.75) is 53.4 Å². The van der Waals surface area contributed by atoms with E-state index < -0.39 is 5.63 Å². The van der Waals surface area contributed by atoms with Crippen LogP contribution in [-0.4, -0.2) is 20.3 Å². The van der Waals surface area contributed by atoms with Gasteiger partial charge in [0.2, 0.25) is 5.75 Å². The van der Waals surface area contributed by atoms with Crippen molar-refractivity contribution in [1.82, 2.24) is 0 Å². The minimum atomic E-state index is -0.556. The van der Waals surface area contributed by atoms with Crippen LogP contribution in [0.2, 0.25) is 0 Å². The molecule has 0 atom stereocenters. The van der Waals surface area contributed by atoms with Gasteiger partial charge in [-0.3, -0.25) is 0 Å². The molecule has 1 heterocycles. The van der Waals surface area contributed by atoms with Crippen molar-refractivity contribution in [3.8, 4) is 17.2 Å². The zero-order valence-corrected chi connectivity index (χ0v) is 19.3. The molecule has 0 N–H and O–H groups in total. The van der Waals surface area contributed by atoms with E-state index in [-0.39, 0.29) is 5.75 Å². The predicted octanol–water partition coefficient (Wildman–Crippen LogP) is 6.61. The Hall–Kier alpha value is -2.95. The maximum Gasteiger partial charge on any atom is 0.383 e. The van der Waals surface area contributed by atoms with Crippen molar-refractivity contribution in [3.05, 3.63) is 64.1 Å². The van der Waals surface area contributed by atoms with Crippen molar-refractivity contribution >= 4 is 11.0 Å². The summed E-state index contributed by atoms with van der Waals surface area (Å²) < 4.78 is 22.6. The number of hydrogen-bond acceptors (Lipinski definition) is 5. The fourth-order valence-corrected chi connectivity index (χ4v) is 3.00. The van der Waals surface area contributed by atoms with Crippen molar-refractivity contribution in [1.29, 1.82) is 0 Å². The highest BCUT2D eigenvalue weighted by molar-refractivity contribution is 5.86. The van der Waals surface area contributed by atoms with Crippen molar-refractivity contribution in [2.24, 2.45) is 0 Å². The number of ether oxygens (including phenoxy) is 3. The van der Waals surface area contributed by atoms with Crippen LogP contribution >= 0.6 is 0 Å². The highest BCUT2D eigenvalue weighted by Gasteiger charge is 2.18. The fourth-order valence-electron chi connectivity index (χ4n) is 3.00. The third-order valence-corrected chi connectivity index (χ3v) is 4.71. The van der Waals surface area contributed by atoms with Gasteiger partial charge in [-0.15, -0.1) is 0 Å². The predicted molar refractivity (Wildman–Crippen MR) is 126 cm³/mol. The molecule has 0 unspecified atom stereocenters. The summed E-state index contributed by atoms with van der Waals surface area (Å²) in [6.07, 6.45) is 12.0. The molecule has 0 bridgehead atoms. The van der Waals surface area contributed by atoms with Crippen LogP contribution in [0, 0.1) is 0 Å². The highest BCUT2D eigenvalue weighted by atomic mass is 16.5. The van der Waals surface area contributed by atoms with Crippen LogP contribution in [0.25, 0.3) is 11.0 Å². The van der Waals surface area contributed by atoms with Crippen LogP contribution in [0.4, 0.5) is 0 Å². The van der Waals surface area contributed by atoms with E-state index in [1.807, 2.05) is 24.3 Å². The van der Waals surface area contributed by atoms with E-state index >= 15 is 0 Å². The molecule has 5 nitrogen and oxygen atoms in total. The van der Waals surface area contributed by atoms with E-state index in [2.05, 4.69) is 39.8 Å². The number of allylic oxidation sites excluding steroid dienone is 4. The summed E-state index contributed by atoms with van der Waals surface area (Å²) in [5.74, 6) is 1.12. The van der Waals surface area contributed by atoms with Gasteiger partial charge in [0, 0.05) is 6.07 Å². The largest absolute Gasteiger partial charge is 0.497 e. The first-order valence-corrected chi connectivity index (χ1v) is 10.8. The third kappa shape index (κ3) is 7.67. The maximum atomic E-state index is 12.6. The SMILES string of the molecule is CCC=CCCOc1c(OC/C=C(\C)CCC=C(C)C)c2ccc(OC)cc2oc1=O. The second-order valence-electron chi connectivity index (χ2n) is 7.61. The molecule has 0 radical (unpaired) electrons. The van der Waals surface area contributed by atoms with Gasteiger partial charge in [-0.1, -0.05) is 36.3 Å². The van der Waals surface area contributed by atoms with Crippen LogP contribution in [0.5, 0.6) is 17.2 Å². The van der Waals surface area contributed by atoms with Gasteiger partial charge in [0.05, 0.1) is 19.1 Å². The van der Waals surface area contributed by atoms with Crippen molar-refractivity contribution in [3.63, 3.8) is 0 Å². The molecule has 168 valence electrons. The maximum absolute atomic E-state index is 12.6. The lowest BCUT2D eigenvalue weighted by Gasteiger charge is -2.13. The van der Waals surface area contributed by atoms with Crippen LogP contribution in [0.3, 0.4) is 0 Å². The van der Waals surface area contributed by atoms with Crippen LogP contribution < -0.4 is 19.8 Å². The molecule has 5 heteroatoms. The summed E-state index contributed by atoms with van der Waals surface area (Å²) in [6, 6.07) is 5.31. The summed E-state index contributed by atoms with van der Waals surface area (Å²) >= 11 is 0. The first kappa shape index (κ1) is 24.3. The molecular weight excluding hydrogens is 392 g/mol. The first-order valence-electron chi connectivity index (χ1n) is 10.8. The second-order valence-corrected chi connectivity index (χ2v) is 7.61. The lowest BCUT2D eigenvalue weighted by atomic mass is 10.1. The fraction of sp³-hybridized carbons (Fsp3) is 0.423. The molecule has 31 heavy (non-hydrogen) atoms. The van der Waals surface area contributed by atoms with Gasteiger partial charge in [0.25, 0.3) is 0 Å². The summed E-state index contributed by atoms with van der Waals surface area (Å²) in [7, 11) is 1.57. The number of rotatable bonds is 12. The van der Waals surface area contributed by atoms with Crippen molar-refractivity contribution < 1.29 is 18.6 Å². The summed E-state index contributed by atoms with van der Waals surface area (Å²) in [4.78, 5) is 12.6. The quantitative estimate of drug-likeness (QED) is 0.217. The van der Waals surface area contributed by atoms with E-state index in [4.69, 9.17) is 18.6 Å². The molecule has 1 aromatic heterocycles. The molecule has 0 amide bonds. The van der Waals surface area contributed by atoms with E-state index in [1.165, 1.54) is 11.1 Å². The monoisotopic (exact) mass is 426 g/mol. The van der Waals surface area contributed by atoms with E-state index in [0.717, 1.165) is 19.3 Å². The summed E-state index contributed by atoms with van der Waals surface area (Å²) in [5, 5.41) is 0.676. The third-order valence-electron chi connectivity index (χ3n) is 4.71. The van der Waals surface area contributed by atoms with Gasteiger partial charge in [-0.05, 0) is 64.7 Å². The topological polar surface area (TPSA) is 57.9 Å². The average molecular weight is 427 g/mol. The summed E-state index contributed by atoms with van der Waals surface area (Å²) in [6.45, 7) is 9.08. The van der Waals surface area contributed by atoms with Crippen molar-refractivity contribution in [2.75, 3.05) is 20.3 Å². The smallest absolute Gasteiger partial charge is 0.383 e. The molecule has 0 spiro atoms. The Kier molecular flexibility index (Phi) is 9.95. The van der Waals surface area contributed by atoms with Gasteiger partial charge in [-0.25, -0.2) is 4.79 Å². The lowest BCUT2D eigenvalue weighted by molar-refractivity contribution is 0.276. The molecule has 2 aromatic rings. The van der Waals surface area contributed by atoms with Gasteiger partial charge in [0.15, 0.2) is 5.75 Å². The minimum absolute atomic E-state index is 0.109. The van der Waals surface area contributed by atoms with Crippen LogP contribution in [0.15, 0.2) is 62.9 Å². The number of hydrogen-bond donors (Lipinski definition) is 0. The Balaban J connectivity index is 2.26. The minimum Gasteiger partial charge on any atom is -0.497 e. The van der Waals surface area contributed by atoms with Gasteiger partial charge < -0.3 is 18.6 Å². The van der Waals surface area contributed by atoms with Gasteiger partial charge in [-0.2, -0.15) is 0 Å². The first-order chi connectivity index (χ1) is 15.0. The molecule has 0 saturated carbocycles. The van der Waals surface area contributed by atoms with E-state index in [1.54, 1.807) is 13.2 Å². The summed E-state index contributed by atoms with van der Waals surface area (Å²) in [5.41, 5.74) is 2.40. The van der Waals surface area contributed by atoms with E-state index in [0.29, 0.717) is 42.1 Å². The zero-order valence-electron chi connectivity index (χ0n) is 19.3. The molecule has 0 aliphatic rings. The lowest BCUT2D eigenvalue weighted by Crippen LogP contribution is -2.11. The zero-order chi connectivity index (χ0) is 22.6. The van der Waals surface area contributed by atoms with Gasteiger partial charge >= 0.3 is 5.63 Å². The van der Waals surface area contributed by atoms with E-state index in [9.17, 15) is 4.79 Å². The number of benzene rings is 1. The van der Waals surface area contributed by atoms with Crippen LogP contribution in [0.1, 0.15) is 53.4 Å².